The molecule has 4 fully saturated rings. The average Bonchev–Trinajstić information content (AvgIpc) is 3.12. The second kappa shape index (κ2) is 7.99. The first-order valence-electron chi connectivity index (χ1n) is 12.1. The number of allylic oxidation sites excluding steroid dienone is 3. The van der Waals surface area contributed by atoms with E-state index in [4.69, 9.17) is 18.9 Å². The fourth-order valence-electron chi connectivity index (χ4n) is 7.71. The fourth-order valence-corrected chi connectivity index (χ4v) is 7.71. The predicted octanol–water partition coefficient (Wildman–Crippen LogP) is 0.437. The molecule has 9 atom stereocenters. The highest BCUT2D eigenvalue weighted by molar-refractivity contribution is 6.08. The third-order valence-corrected chi connectivity index (χ3v) is 8.98. The summed E-state index contributed by atoms with van der Waals surface area (Å²) in [7, 11) is 1.08. The zero-order chi connectivity index (χ0) is 27.2. The summed E-state index contributed by atoms with van der Waals surface area (Å²) in [6.45, 7) is 6.33. The quantitative estimate of drug-likeness (QED) is 0.269. The Morgan fingerprint density at radius 1 is 1.19 bits per heavy atom. The van der Waals surface area contributed by atoms with E-state index in [0.29, 0.717) is 11.1 Å². The number of hydrogen-bond acceptors (Lipinski definition) is 11. The number of carbonyl (C=O) groups is 4. The van der Waals surface area contributed by atoms with Gasteiger partial charge in [0.25, 0.3) is 0 Å². The van der Waals surface area contributed by atoms with E-state index >= 15 is 0 Å². The van der Waals surface area contributed by atoms with Crippen molar-refractivity contribution in [2.24, 2.45) is 22.7 Å². The lowest BCUT2D eigenvalue weighted by atomic mass is 9.40. The van der Waals surface area contributed by atoms with Crippen molar-refractivity contribution >= 4 is 23.7 Å². The molecule has 2 bridgehead atoms. The van der Waals surface area contributed by atoms with Gasteiger partial charge in [-0.15, -0.1) is 0 Å². The number of aliphatic hydroxyl groups is 3. The SMILES string of the molecule is COC(=O)[C@@]12OC[C@@]34[C@@H](CC5=C(C)C(=O)C(O)=C[C@]5(C)[C@H]3[C@@H](O)[C@@H]1O)OC(=O)[C@H](OC(=O)C=C(C)C)[C@@H]24. The molecule has 2 heterocycles. The second-order valence-corrected chi connectivity index (χ2v) is 11.0. The molecule has 0 aromatic heterocycles. The highest BCUT2D eigenvalue weighted by atomic mass is 16.6. The Balaban J connectivity index is 1.77. The van der Waals surface area contributed by atoms with Gasteiger partial charge in [0, 0.05) is 34.8 Å². The zero-order valence-electron chi connectivity index (χ0n) is 21.1. The van der Waals surface area contributed by atoms with Crippen LogP contribution in [0.5, 0.6) is 0 Å². The molecule has 11 heteroatoms. The molecule has 2 aliphatic heterocycles. The van der Waals surface area contributed by atoms with Gasteiger partial charge >= 0.3 is 17.9 Å². The van der Waals surface area contributed by atoms with Crippen molar-refractivity contribution in [3.8, 4) is 0 Å². The van der Waals surface area contributed by atoms with Crippen molar-refractivity contribution in [1.29, 1.82) is 0 Å². The molecule has 2 saturated heterocycles. The highest BCUT2D eigenvalue weighted by Gasteiger charge is 2.84. The fraction of sp³-hybridized carbons (Fsp3) is 0.615. The Morgan fingerprint density at radius 3 is 2.49 bits per heavy atom. The summed E-state index contributed by atoms with van der Waals surface area (Å²) < 4.78 is 22.4. The number of aliphatic hydroxyl groups excluding tert-OH is 3. The van der Waals surface area contributed by atoms with Crippen LogP contribution in [0.3, 0.4) is 0 Å². The minimum Gasteiger partial charge on any atom is -0.504 e. The lowest BCUT2D eigenvalue weighted by Crippen LogP contribution is -2.78. The molecule has 0 radical (unpaired) electrons. The van der Waals surface area contributed by atoms with Gasteiger partial charge in [-0.05, 0) is 32.4 Å². The number of carbonyl (C=O) groups excluding carboxylic acids is 4. The number of hydrogen-bond donors (Lipinski definition) is 3. The van der Waals surface area contributed by atoms with Gasteiger partial charge in [-0.25, -0.2) is 14.4 Å². The van der Waals surface area contributed by atoms with Crippen molar-refractivity contribution in [3.63, 3.8) is 0 Å². The van der Waals surface area contributed by atoms with E-state index < -0.39 is 82.1 Å². The Hall–Kier alpha value is -3.02. The standard InChI is InChI=1S/C26H30O11/c1-10(2)6-15(28)37-18-20-25-9-35-26(20,23(33)34-5)21(31)17(30)19(25)24(4)8-13(27)16(29)11(3)12(24)7-14(25)36-22(18)32/h6,8,14,17-21,27,30-31H,7,9H2,1-5H3/t14-,17-,18-,19-,20-,21+,24+,25-,26+/m1/s1. The first-order valence-corrected chi connectivity index (χ1v) is 12.1. The van der Waals surface area contributed by atoms with Crippen molar-refractivity contribution in [2.75, 3.05) is 13.7 Å². The van der Waals surface area contributed by atoms with E-state index in [2.05, 4.69) is 0 Å². The van der Waals surface area contributed by atoms with Crippen LogP contribution in [-0.4, -0.2) is 82.7 Å². The summed E-state index contributed by atoms with van der Waals surface area (Å²) in [6.07, 6.45) is -3.61. The molecular weight excluding hydrogens is 488 g/mol. The molecule has 0 aromatic rings. The molecule has 11 nitrogen and oxygen atoms in total. The number of ketones is 1. The molecule has 0 aromatic carbocycles. The third kappa shape index (κ3) is 2.98. The Kier molecular flexibility index (Phi) is 5.53. The van der Waals surface area contributed by atoms with E-state index in [0.717, 1.165) is 7.11 Å². The molecule has 3 N–H and O–H groups in total. The van der Waals surface area contributed by atoms with Crippen LogP contribution in [0.4, 0.5) is 0 Å². The number of ether oxygens (including phenoxy) is 4. The highest BCUT2D eigenvalue weighted by Crippen LogP contribution is 2.71. The van der Waals surface area contributed by atoms with Crippen LogP contribution < -0.4 is 0 Å². The molecule has 5 aliphatic rings. The normalized spacial score (nSPS) is 43.7. The van der Waals surface area contributed by atoms with E-state index in [9.17, 15) is 34.5 Å². The van der Waals surface area contributed by atoms with Crippen LogP contribution in [0.1, 0.15) is 34.1 Å². The lowest BCUT2D eigenvalue weighted by molar-refractivity contribution is -0.272. The van der Waals surface area contributed by atoms with Crippen LogP contribution in [0, 0.1) is 22.7 Å². The summed E-state index contributed by atoms with van der Waals surface area (Å²) in [6, 6.07) is 0. The summed E-state index contributed by atoms with van der Waals surface area (Å²) in [5, 5.41) is 33.6. The van der Waals surface area contributed by atoms with E-state index in [1.807, 2.05) is 0 Å². The van der Waals surface area contributed by atoms with E-state index in [-0.39, 0.29) is 18.6 Å². The Bertz CT molecular complexity index is 1210. The van der Waals surface area contributed by atoms with Gasteiger partial charge in [-0.2, -0.15) is 0 Å². The molecule has 2 saturated carbocycles. The van der Waals surface area contributed by atoms with Crippen molar-refractivity contribution in [3.05, 3.63) is 34.6 Å². The van der Waals surface area contributed by atoms with E-state index in [1.54, 1.807) is 27.7 Å². The molecule has 37 heavy (non-hydrogen) atoms. The van der Waals surface area contributed by atoms with Crippen LogP contribution in [0.25, 0.3) is 0 Å². The number of Topliss-reactive ketones (excluding diaryl/α,β-unsaturated/α-hetero) is 1. The van der Waals surface area contributed by atoms with Crippen molar-refractivity contribution < 1.29 is 53.4 Å². The lowest BCUT2D eigenvalue weighted by Gasteiger charge is -2.65. The largest absolute Gasteiger partial charge is 0.504 e. The minimum atomic E-state index is -2.23. The smallest absolute Gasteiger partial charge is 0.348 e. The van der Waals surface area contributed by atoms with Crippen LogP contribution in [0.15, 0.2) is 34.6 Å². The van der Waals surface area contributed by atoms with Crippen LogP contribution >= 0.6 is 0 Å². The van der Waals surface area contributed by atoms with Gasteiger partial charge in [-0.1, -0.05) is 12.5 Å². The average molecular weight is 519 g/mol. The maximum Gasteiger partial charge on any atom is 0.348 e. The molecular formula is C26H30O11. The van der Waals surface area contributed by atoms with Crippen molar-refractivity contribution in [2.45, 2.75) is 64.1 Å². The number of esters is 3. The molecule has 5 rings (SSSR count). The first kappa shape index (κ1) is 25.6. The summed E-state index contributed by atoms with van der Waals surface area (Å²) in [5.41, 5.74) is -3.38. The third-order valence-electron chi connectivity index (χ3n) is 8.98. The van der Waals surface area contributed by atoms with Crippen LogP contribution in [-0.2, 0) is 38.1 Å². The predicted molar refractivity (Wildman–Crippen MR) is 122 cm³/mol. The van der Waals surface area contributed by atoms with Gasteiger partial charge in [-0.3, -0.25) is 4.79 Å². The molecule has 1 spiro atoms. The minimum absolute atomic E-state index is 0.0503. The Labute approximate surface area is 212 Å². The first-order chi connectivity index (χ1) is 17.3. The molecule has 0 amide bonds. The van der Waals surface area contributed by atoms with E-state index in [1.165, 1.54) is 12.2 Å². The second-order valence-electron chi connectivity index (χ2n) is 11.0. The van der Waals surface area contributed by atoms with Gasteiger partial charge in [0.05, 0.1) is 25.7 Å². The molecule has 3 aliphatic carbocycles. The summed E-state index contributed by atoms with van der Waals surface area (Å²) in [4.78, 5) is 51.9. The van der Waals surface area contributed by atoms with Gasteiger partial charge in [0.15, 0.2) is 5.76 Å². The topological polar surface area (TPSA) is 166 Å². The molecule has 200 valence electrons. The molecule has 0 unspecified atom stereocenters. The van der Waals surface area contributed by atoms with Crippen LogP contribution in [0.2, 0.25) is 0 Å². The number of rotatable bonds is 3. The van der Waals surface area contributed by atoms with Gasteiger partial charge in [0.2, 0.25) is 17.5 Å². The summed E-state index contributed by atoms with van der Waals surface area (Å²) >= 11 is 0. The maximum absolute atomic E-state index is 13.4. The zero-order valence-corrected chi connectivity index (χ0v) is 21.1. The number of fused-ring (bicyclic) bond motifs is 2. The maximum atomic E-state index is 13.4. The van der Waals surface area contributed by atoms with Gasteiger partial charge < -0.3 is 34.3 Å². The monoisotopic (exact) mass is 518 g/mol. The van der Waals surface area contributed by atoms with Gasteiger partial charge in [0.1, 0.15) is 12.2 Å². The Morgan fingerprint density at radius 2 is 1.86 bits per heavy atom. The van der Waals surface area contributed by atoms with Crippen molar-refractivity contribution in [1.82, 2.24) is 0 Å². The summed E-state index contributed by atoms with van der Waals surface area (Å²) in [5.74, 6) is -6.22. The number of methoxy groups -OCH3 is 1.